The van der Waals surface area contributed by atoms with Gasteiger partial charge in [0.15, 0.2) is 0 Å². The van der Waals surface area contributed by atoms with Crippen LogP contribution in [0.15, 0.2) is 18.2 Å². The van der Waals surface area contributed by atoms with Gasteiger partial charge in [0.1, 0.15) is 11.5 Å². The fourth-order valence-electron chi connectivity index (χ4n) is 3.73. The maximum atomic E-state index is 11.4. The molecule has 0 spiro atoms. The molecule has 5 heteroatoms. The molecule has 3 heterocycles. The monoisotopic (exact) mass is 288 g/mol. The smallest absolute Gasteiger partial charge is 0.267 e. The molecule has 2 saturated heterocycles. The van der Waals surface area contributed by atoms with Gasteiger partial charge in [0, 0.05) is 24.7 Å². The summed E-state index contributed by atoms with van der Waals surface area (Å²) < 4.78 is 0. The van der Waals surface area contributed by atoms with E-state index in [9.17, 15) is 4.79 Å². The number of hydrogen-bond donors (Lipinski definition) is 2. The van der Waals surface area contributed by atoms with Crippen molar-refractivity contribution < 1.29 is 4.79 Å². The second kappa shape index (κ2) is 6.02. The van der Waals surface area contributed by atoms with E-state index in [1.54, 1.807) is 6.07 Å². The zero-order valence-corrected chi connectivity index (χ0v) is 12.6. The Morgan fingerprint density at radius 3 is 2.71 bits per heavy atom. The molecule has 5 nitrogen and oxygen atoms in total. The van der Waals surface area contributed by atoms with E-state index in [2.05, 4.69) is 22.1 Å². The van der Waals surface area contributed by atoms with E-state index in [-0.39, 0.29) is 0 Å². The number of amides is 1. The van der Waals surface area contributed by atoms with Crippen LogP contribution in [0.1, 0.15) is 49.5 Å². The van der Waals surface area contributed by atoms with Gasteiger partial charge >= 0.3 is 0 Å². The van der Waals surface area contributed by atoms with Gasteiger partial charge in [-0.05, 0) is 44.2 Å². The summed E-state index contributed by atoms with van der Waals surface area (Å²) in [5.41, 5.74) is 5.71. The number of carbonyl (C=O) groups is 1. The number of primary amides is 1. The van der Waals surface area contributed by atoms with E-state index in [4.69, 9.17) is 5.73 Å². The highest BCUT2D eigenvalue weighted by Crippen LogP contribution is 2.31. The minimum atomic E-state index is -0.460. The molecule has 21 heavy (non-hydrogen) atoms. The van der Waals surface area contributed by atoms with Crippen LogP contribution in [0.4, 0.5) is 5.82 Å². The zero-order chi connectivity index (χ0) is 14.8. The van der Waals surface area contributed by atoms with Gasteiger partial charge in [-0.3, -0.25) is 4.79 Å². The van der Waals surface area contributed by atoms with E-state index in [1.165, 1.54) is 25.7 Å². The summed E-state index contributed by atoms with van der Waals surface area (Å²) in [7, 11) is 0. The predicted molar refractivity (Wildman–Crippen MR) is 83.4 cm³/mol. The minimum absolute atomic E-state index is 0.352. The molecule has 2 bridgehead atoms. The van der Waals surface area contributed by atoms with Crippen LogP contribution >= 0.6 is 0 Å². The first-order valence-corrected chi connectivity index (χ1v) is 7.97. The summed E-state index contributed by atoms with van der Waals surface area (Å²) in [5, 5.41) is 3.68. The van der Waals surface area contributed by atoms with E-state index in [0.717, 1.165) is 18.8 Å². The third-order valence-corrected chi connectivity index (χ3v) is 4.63. The number of aromatic nitrogens is 1. The van der Waals surface area contributed by atoms with E-state index >= 15 is 0 Å². The summed E-state index contributed by atoms with van der Waals surface area (Å²) in [6, 6.07) is 7.36. The SMILES string of the molecule is CCCN(c1cccc(C(N)=O)n1)C1CC2CCC(C1)N2. The minimum Gasteiger partial charge on any atom is -0.364 e. The first kappa shape index (κ1) is 14.3. The molecule has 0 radical (unpaired) electrons. The Balaban J connectivity index is 1.83. The second-order valence-electron chi connectivity index (χ2n) is 6.20. The molecule has 2 unspecified atom stereocenters. The van der Waals surface area contributed by atoms with E-state index in [1.807, 2.05) is 12.1 Å². The highest BCUT2D eigenvalue weighted by atomic mass is 16.1. The van der Waals surface area contributed by atoms with Crippen LogP contribution < -0.4 is 16.0 Å². The fraction of sp³-hybridized carbons (Fsp3) is 0.625. The quantitative estimate of drug-likeness (QED) is 0.865. The maximum absolute atomic E-state index is 11.4. The Labute approximate surface area is 125 Å². The van der Waals surface area contributed by atoms with Gasteiger partial charge in [0.2, 0.25) is 0 Å². The summed E-state index contributed by atoms with van der Waals surface area (Å²) in [5.74, 6) is 0.429. The molecule has 2 aliphatic rings. The van der Waals surface area contributed by atoms with Crippen LogP contribution in [0.25, 0.3) is 0 Å². The number of nitrogens with zero attached hydrogens (tertiary/aromatic N) is 2. The lowest BCUT2D eigenvalue weighted by atomic mass is 9.98. The third-order valence-electron chi connectivity index (χ3n) is 4.63. The molecule has 114 valence electrons. The molecular weight excluding hydrogens is 264 g/mol. The summed E-state index contributed by atoms with van der Waals surface area (Å²) in [6.45, 7) is 3.15. The molecule has 2 fully saturated rings. The number of pyridine rings is 1. The molecule has 0 aromatic carbocycles. The van der Waals surface area contributed by atoms with Crippen molar-refractivity contribution in [1.82, 2.24) is 10.3 Å². The molecule has 2 aliphatic heterocycles. The highest BCUT2D eigenvalue weighted by Gasteiger charge is 2.36. The summed E-state index contributed by atoms with van der Waals surface area (Å²) in [6.07, 6.45) is 5.98. The lowest BCUT2D eigenvalue weighted by molar-refractivity contribution is 0.0995. The predicted octanol–water partition coefficient (Wildman–Crippen LogP) is 1.68. The van der Waals surface area contributed by atoms with Crippen LogP contribution in [0.3, 0.4) is 0 Å². The Bertz CT molecular complexity index is 507. The number of nitrogens with one attached hydrogen (secondary N) is 1. The number of fused-ring (bicyclic) bond motifs is 2. The van der Waals surface area contributed by atoms with Crippen molar-refractivity contribution in [1.29, 1.82) is 0 Å². The van der Waals surface area contributed by atoms with E-state index < -0.39 is 5.91 Å². The van der Waals surface area contributed by atoms with Crippen molar-refractivity contribution in [2.45, 2.75) is 57.2 Å². The Morgan fingerprint density at radius 2 is 2.10 bits per heavy atom. The first-order valence-electron chi connectivity index (χ1n) is 7.97. The Hall–Kier alpha value is -1.62. The Kier molecular flexibility index (Phi) is 4.10. The third kappa shape index (κ3) is 3.02. The van der Waals surface area contributed by atoms with Gasteiger partial charge < -0.3 is 16.0 Å². The molecule has 1 aromatic rings. The molecule has 1 amide bonds. The molecule has 0 aliphatic carbocycles. The zero-order valence-electron chi connectivity index (χ0n) is 12.6. The number of carbonyl (C=O) groups excluding carboxylic acids is 1. The van der Waals surface area contributed by atoms with Crippen molar-refractivity contribution in [2.75, 3.05) is 11.4 Å². The standard InChI is InChI=1S/C16H24N4O/c1-2-8-20(13-9-11-6-7-12(10-13)18-11)15-5-3-4-14(19-15)16(17)21/h3-5,11-13,18H,2,6-10H2,1H3,(H2,17,21). The van der Waals surface area contributed by atoms with Gasteiger partial charge in [0.05, 0.1) is 0 Å². The van der Waals surface area contributed by atoms with Crippen LogP contribution in [0.2, 0.25) is 0 Å². The molecule has 0 saturated carbocycles. The number of nitrogens with two attached hydrogens (primary N) is 1. The number of hydrogen-bond acceptors (Lipinski definition) is 4. The molecule has 1 aromatic heterocycles. The van der Waals surface area contributed by atoms with Crippen molar-refractivity contribution >= 4 is 11.7 Å². The molecular formula is C16H24N4O. The van der Waals surface area contributed by atoms with Gasteiger partial charge in [-0.2, -0.15) is 0 Å². The fourth-order valence-corrected chi connectivity index (χ4v) is 3.73. The van der Waals surface area contributed by atoms with Gasteiger partial charge in [0.25, 0.3) is 5.91 Å². The van der Waals surface area contributed by atoms with Crippen molar-refractivity contribution in [2.24, 2.45) is 5.73 Å². The van der Waals surface area contributed by atoms with Crippen LogP contribution in [0.5, 0.6) is 0 Å². The van der Waals surface area contributed by atoms with Crippen LogP contribution in [0, 0.1) is 0 Å². The number of piperidine rings is 1. The van der Waals surface area contributed by atoms with Gasteiger partial charge in [-0.15, -0.1) is 0 Å². The van der Waals surface area contributed by atoms with E-state index in [0.29, 0.717) is 23.8 Å². The lowest BCUT2D eigenvalue weighted by Gasteiger charge is -2.38. The average Bonchev–Trinajstić information content (AvgIpc) is 2.83. The summed E-state index contributed by atoms with van der Waals surface area (Å²) >= 11 is 0. The van der Waals surface area contributed by atoms with Crippen LogP contribution in [-0.4, -0.2) is 35.6 Å². The summed E-state index contributed by atoms with van der Waals surface area (Å²) in [4.78, 5) is 18.2. The second-order valence-corrected chi connectivity index (χ2v) is 6.20. The average molecular weight is 288 g/mol. The first-order chi connectivity index (χ1) is 10.2. The lowest BCUT2D eigenvalue weighted by Crippen LogP contribution is -2.49. The molecule has 3 rings (SSSR count). The maximum Gasteiger partial charge on any atom is 0.267 e. The van der Waals surface area contributed by atoms with Crippen molar-refractivity contribution in [3.05, 3.63) is 23.9 Å². The highest BCUT2D eigenvalue weighted by molar-refractivity contribution is 5.91. The normalized spacial score (nSPS) is 27.6. The topological polar surface area (TPSA) is 71.2 Å². The van der Waals surface area contributed by atoms with Gasteiger partial charge in [-0.1, -0.05) is 13.0 Å². The molecule has 3 N–H and O–H groups in total. The Morgan fingerprint density at radius 1 is 1.38 bits per heavy atom. The number of anilines is 1. The van der Waals surface area contributed by atoms with Crippen molar-refractivity contribution in [3.63, 3.8) is 0 Å². The number of rotatable bonds is 5. The van der Waals surface area contributed by atoms with Crippen molar-refractivity contribution in [3.8, 4) is 0 Å². The van der Waals surface area contributed by atoms with Crippen LogP contribution in [-0.2, 0) is 0 Å². The largest absolute Gasteiger partial charge is 0.364 e. The van der Waals surface area contributed by atoms with Gasteiger partial charge in [-0.25, -0.2) is 4.98 Å². The molecule has 2 atom stereocenters.